The average Bonchev–Trinajstić information content (AvgIpc) is 3.31. The van der Waals surface area contributed by atoms with Gasteiger partial charge in [0.15, 0.2) is 0 Å². The van der Waals surface area contributed by atoms with Gasteiger partial charge in [-0.05, 0) is 76.0 Å². The van der Waals surface area contributed by atoms with Crippen molar-refractivity contribution in [3.63, 3.8) is 0 Å². The third-order valence-electron chi connectivity index (χ3n) is 5.71. The second-order valence-corrected chi connectivity index (χ2v) is 10.6. The van der Waals surface area contributed by atoms with E-state index in [0.29, 0.717) is 23.9 Å². The van der Waals surface area contributed by atoms with Crippen LogP contribution in [-0.4, -0.2) is 50.7 Å². The number of nitrogens with zero attached hydrogens (tertiary/aromatic N) is 4. The van der Waals surface area contributed by atoms with Crippen molar-refractivity contribution in [3.05, 3.63) is 65.8 Å². The Morgan fingerprint density at radius 2 is 1.86 bits per heavy atom. The zero-order valence-electron chi connectivity index (χ0n) is 19.7. The highest BCUT2D eigenvalue weighted by Crippen LogP contribution is 2.34. The molecule has 2 aromatic carbocycles. The summed E-state index contributed by atoms with van der Waals surface area (Å²) >= 11 is 1.70. The lowest BCUT2D eigenvalue weighted by atomic mass is 10.1. The van der Waals surface area contributed by atoms with Gasteiger partial charge in [-0.1, -0.05) is 24.3 Å². The fraction of sp³-hybridized carbons (Fsp3) is 0.440. The first-order valence-electron chi connectivity index (χ1n) is 11.5. The first-order chi connectivity index (χ1) is 16.7. The van der Waals surface area contributed by atoms with Crippen LogP contribution in [0.25, 0.3) is 11.5 Å². The molecule has 0 aliphatic carbocycles. The van der Waals surface area contributed by atoms with Crippen molar-refractivity contribution in [2.75, 3.05) is 23.9 Å². The van der Waals surface area contributed by atoms with Crippen LogP contribution >= 0.6 is 11.9 Å². The van der Waals surface area contributed by atoms with Gasteiger partial charge in [-0.15, -0.1) is 10.2 Å². The summed E-state index contributed by atoms with van der Waals surface area (Å²) in [5.41, 5.74) is 0.974. The smallest absolute Gasteiger partial charge is 0.314 e. The molecule has 6 nitrogen and oxygen atoms in total. The van der Waals surface area contributed by atoms with Gasteiger partial charge in [-0.25, -0.2) is 4.39 Å². The van der Waals surface area contributed by atoms with Crippen LogP contribution in [0.4, 0.5) is 18.9 Å². The quantitative estimate of drug-likeness (QED) is 0.373. The standard InChI is InChI=1S/C25H29F3N4O2S/c1-25(2,33)16-31-12-10-20(11-13-31)35-32(19-6-4-3-5-7-19)15-18-9-8-17(14-21(18)26)23-29-30-24(34-23)22(27)28/h3-9,14,20,22,33H,10-13,15-16H2,1-2H3. The van der Waals surface area contributed by atoms with Crippen LogP contribution in [0.5, 0.6) is 0 Å². The van der Waals surface area contributed by atoms with Crippen molar-refractivity contribution in [1.29, 1.82) is 0 Å². The lowest BCUT2D eigenvalue weighted by molar-refractivity contribution is 0.0307. The Hall–Kier alpha value is -2.56. The summed E-state index contributed by atoms with van der Waals surface area (Å²) in [5, 5.41) is 17.4. The fourth-order valence-corrected chi connectivity index (χ4v) is 5.32. The predicted octanol–water partition coefficient (Wildman–Crippen LogP) is 5.70. The molecular weight excluding hydrogens is 477 g/mol. The van der Waals surface area contributed by atoms with Crippen LogP contribution in [0.3, 0.4) is 0 Å². The van der Waals surface area contributed by atoms with E-state index in [0.717, 1.165) is 31.6 Å². The minimum atomic E-state index is -2.88. The van der Waals surface area contributed by atoms with Gasteiger partial charge in [-0.2, -0.15) is 8.78 Å². The SMILES string of the molecule is CC(C)(O)CN1CCC(SN(Cc2ccc(-c3nnc(C(F)F)o3)cc2F)c2ccccc2)CC1. The molecule has 0 atom stereocenters. The number of anilines is 1. The molecule has 0 spiro atoms. The number of aliphatic hydroxyl groups is 1. The number of aromatic nitrogens is 2. The first kappa shape index (κ1) is 25.5. The lowest BCUT2D eigenvalue weighted by Crippen LogP contribution is -2.43. The predicted molar refractivity (Wildman–Crippen MR) is 131 cm³/mol. The Kier molecular flexibility index (Phi) is 8.03. The molecule has 0 radical (unpaired) electrons. The lowest BCUT2D eigenvalue weighted by Gasteiger charge is -2.37. The Morgan fingerprint density at radius 3 is 2.46 bits per heavy atom. The van der Waals surface area contributed by atoms with Gasteiger partial charge in [0.1, 0.15) is 5.82 Å². The number of piperidine rings is 1. The summed E-state index contributed by atoms with van der Waals surface area (Å²) in [6.07, 6.45) is -0.941. The number of rotatable bonds is 9. The molecule has 188 valence electrons. The monoisotopic (exact) mass is 506 g/mol. The summed E-state index contributed by atoms with van der Waals surface area (Å²) in [4.78, 5) is 2.28. The van der Waals surface area contributed by atoms with Crippen LogP contribution in [0.1, 0.15) is 44.6 Å². The van der Waals surface area contributed by atoms with E-state index >= 15 is 4.39 Å². The highest BCUT2D eigenvalue weighted by atomic mass is 32.2. The number of halogens is 3. The van der Waals surface area contributed by atoms with Crippen molar-refractivity contribution >= 4 is 17.6 Å². The highest BCUT2D eigenvalue weighted by Gasteiger charge is 2.26. The highest BCUT2D eigenvalue weighted by molar-refractivity contribution is 8.01. The average molecular weight is 507 g/mol. The van der Waals surface area contributed by atoms with Gasteiger partial charge in [0, 0.05) is 28.6 Å². The van der Waals surface area contributed by atoms with E-state index in [1.165, 1.54) is 6.07 Å². The molecular formula is C25H29F3N4O2S. The molecule has 2 heterocycles. The van der Waals surface area contributed by atoms with E-state index in [9.17, 15) is 13.9 Å². The molecule has 1 aromatic heterocycles. The van der Waals surface area contributed by atoms with E-state index in [-0.39, 0.29) is 11.5 Å². The summed E-state index contributed by atoms with van der Waals surface area (Å²) in [7, 11) is 0. The number of hydrogen-bond donors (Lipinski definition) is 1. The van der Waals surface area contributed by atoms with Gasteiger partial charge in [0.25, 0.3) is 5.89 Å². The fourth-order valence-electron chi connectivity index (χ4n) is 4.09. The second-order valence-electron chi connectivity index (χ2n) is 9.32. The van der Waals surface area contributed by atoms with Crippen molar-refractivity contribution in [2.24, 2.45) is 0 Å². The number of alkyl halides is 2. The third kappa shape index (κ3) is 6.99. The molecule has 35 heavy (non-hydrogen) atoms. The van der Waals surface area contributed by atoms with Gasteiger partial charge >= 0.3 is 6.43 Å². The molecule has 1 fully saturated rings. The van der Waals surface area contributed by atoms with Crippen molar-refractivity contribution < 1.29 is 22.7 Å². The third-order valence-corrected chi connectivity index (χ3v) is 7.07. The Morgan fingerprint density at radius 1 is 1.14 bits per heavy atom. The van der Waals surface area contributed by atoms with Gasteiger partial charge in [0.2, 0.25) is 5.89 Å². The van der Waals surface area contributed by atoms with Crippen LogP contribution in [0, 0.1) is 5.82 Å². The number of hydrogen-bond acceptors (Lipinski definition) is 7. The number of β-amino-alcohol motifs (C(OH)–C–C–N with tert-alkyl or cyclic N) is 1. The molecule has 0 saturated carbocycles. The maximum Gasteiger partial charge on any atom is 0.314 e. The summed E-state index contributed by atoms with van der Waals surface area (Å²) in [6.45, 7) is 6.41. The van der Waals surface area contributed by atoms with Crippen molar-refractivity contribution in [1.82, 2.24) is 15.1 Å². The minimum absolute atomic E-state index is 0.141. The molecule has 1 aliphatic heterocycles. The van der Waals surface area contributed by atoms with E-state index in [1.807, 2.05) is 44.2 Å². The Balaban J connectivity index is 1.46. The summed E-state index contributed by atoms with van der Waals surface area (Å²) in [5.74, 6) is -1.40. The molecule has 1 aliphatic rings. The number of benzene rings is 2. The molecule has 10 heteroatoms. The molecule has 0 amide bonds. The van der Waals surface area contributed by atoms with Gasteiger partial charge in [0.05, 0.1) is 12.1 Å². The summed E-state index contributed by atoms with van der Waals surface area (Å²) in [6, 6.07) is 14.3. The molecule has 0 bridgehead atoms. The van der Waals surface area contributed by atoms with Crippen molar-refractivity contribution in [2.45, 2.75) is 50.5 Å². The minimum Gasteiger partial charge on any atom is -0.415 e. The van der Waals surface area contributed by atoms with E-state index in [1.54, 1.807) is 24.1 Å². The molecule has 3 aromatic rings. The van der Waals surface area contributed by atoms with Crippen LogP contribution < -0.4 is 4.31 Å². The van der Waals surface area contributed by atoms with Gasteiger partial charge < -0.3 is 18.7 Å². The van der Waals surface area contributed by atoms with Crippen molar-refractivity contribution in [3.8, 4) is 11.5 Å². The largest absolute Gasteiger partial charge is 0.415 e. The van der Waals surface area contributed by atoms with Crippen LogP contribution in [0.15, 0.2) is 52.9 Å². The molecule has 1 saturated heterocycles. The maximum atomic E-state index is 15.1. The first-order valence-corrected chi connectivity index (χ1v) is 12.4. The maximum absolute atomic E-state index is 15.1. The molecule has 0 unspecified atom stereocenters. The topological polar surface area (TPSA) is 65.6 Å². The van der Waals surface area contributed by atoms with E-state index < -0.39 is 23.7 Å². The van der Waals surface area contributed by atoms with E-state index in [2.05, 4.69) is 19.4 Å². The van der Waals surface area contributed by atoms with Crippen LogP contribution in [-0.2, 0) is 6.54 Å². The van der Waals surface area contributed by atoms with Crippen LogP contribution in [0.2, 0.25) is 0 Å². The Labute approximate surface area is 207 Å². The normalized spacial score (nSPS) is 15.6. The molecule has 4 rings (SSSR count). The van der Waals surface area contributed by atoms with Gasteiger partial charge in [-0.3, -0.25) is 0 Å². The number of likely N-dealkylation sites (tertiary alicyclic amines) is 1. The Bertz CT molecular complexity index is 1100. The zero-order chi connectivity index (χ0) is 25.0. The summed E-state index contributed by atoms with van der Waals surface area (Å²) < 4.78 is 47.6. The number of para-hydroxylation sites is 1. The molecule has 1 N–H and O–H groups in total. The van der Waals surface area contributed by atoms with E-state index in [4.69, 9.17) is 4.42 Å². The second kappa shape index (κ2) is 11.0. The zero-order valence-corrected chi connectivity index (χ0v) is 20.5.